The average Bonchev–Trinajstić information content (AvgIpc) is 3.28. The van der Waals surface area contributed by atoms with Crippen LogP contribution in [0.2, 0.25) is 0 Å². The molecule has 31 heavy (non-hydrogen) atoms. The predicted octanol–water partition coefficient (Wildman–Crippen LogP) is 4.67. The number of rotatable bonds is 8. The Kier molecular flexibility index (Phi) is 5.32. The lowest BCUT2D eigenvalue weighted by molar-refractivity contribution is -0.155. The molecule has 1 aromatic carbocycles. The first-order valence-electron chi connectivity index (χ1n) is 11.3. The second-order valence-electron chi connectivity index (χ2n) is 9.54. The summed E-state index contributed by atoms with van der Waals surface area (Å²) < 4.78 is 22.2. The van der Waals surface area contributed by atoms with Crippen LogP contribution >= 0.6 is 0 Å². The molecule has 1 aromatic heterocycles. The molecule has 0 spiro atoms. The van der Waals surface area contributed by atoms with E-state index in [2.05, 4.69) is 4.90 Å². The molecule has 1 amide bonds. The molecule has 0 unspecified atom stereocenters. The lowest BCUT2D eigenvalue weighted by atomic mass is 9.52. The Balaban J connectivity index is 1.36. The zero-order valence-corrected chi connectivity index (χ0v) is 18.3. The van der Waals surface area contributed by atoms with Crippen LogP contribution in [0.15, 0.2) is 41.0 Å². The SMILES string of the molecule is COc1cc(OC)cc(OCC(=O)N(Cc2ccco2)C23CC4CC(CC(C4)C2)C3)c1. The third-order valence-electron chi connectivity index (χ3n) is 7.46. The van der Waals surface area contributed by atoms with E-state index in [1.807, 2.05) is 12.1 Å². The Bertz CT molecular complexity index is 864. The molecular weight excluding hydrogens is 394 g/mol. The summed E-state index contributed by atoms with van der Waals surface area (Å²) >= 11 is 0. The largest absolute Gasteiger partial charge is 0.496 e. The molecule has 6 rings (SSSR count). The number of carbonyl (C=O) groups excluding carboxylic acids is 1. The van der Waals surface area contributed by atoms with Gasteiger partial charge in [-0.3, -0.25) is 4.79 Å². The van der Waals surface area contributed by atoms with E-state index in [1.54, 1.807) is 38.7 Å². The highest BCUT2D eigenvalue weighted by molar-refractivity contribution is 5.78. The molecule has 0 atom stereocenters. The molecule has 0 N–H and O–H groups in total. The van der Waals surface area contributed by atoms with Crippen molar-refractivity contribution in [2.45, 2.75) is 50.6 Å². The van der Waals surface area contributed by atoms with Crippen LogP contribution in [0.1, 0.15) is 44.3 Å². The maximum Gasteiger partial charge on any atom is 0.261 e. The summed E-state index contributed by atoms with van der Waals surface area (Å²) in [5, 5.41) is 0. The first kappa shape index (κ1) is 20.3. The van der Waals surface area contributed by atoms with Crippen molar-refractivity contribution in [1.29, 1.82) is 0 Å². The van der Waals surface area contributed by atoms with Gasteiger partial charge < -0.3 is 23.5 Å². The molecule has 4 saturated carbocycles. The van der Waals surface area contributed by atoms with Gasteiger partial charge in [0.05, 0.1) is 27.0 Å². The summed E-state index contributed by atoms with van der Waals surface area (Å²) in [6.45, 7) is 0.488. The standard InChI is InChI=1S/C25H31NO5/c1-28-21-9-22(29-2)11-23(10-21)31-16-24(27)26(15-20-4-3-5-30-20)25-12-17-6-18(13-25)8-19(7-17)14-25/h3-5,9-11,17-19H,6-8,12-16H2,1-2H3. The number of furan rings is 1. The molecule has 2 aromatic rings. The van der Waals surface area contributed by atoms with Crippen molar-refractivity contribution < 1.29 is 23.4 Å². The number of amides is 1. The zero-order chi connectivity index (χ0) is 21.4. The third-order valence-corrected chi connectivity index (χ3v) is 7.46. The van der Waals surface area contributed by atoms with E-state index >= 15 is 0 Å². The fourth-order valence-electron chi connectivity index (χ4n) is 6.56. The maximum absolute atomic E-state index is 13.6. The summed E-state index contributed by atoms with van der Waals surface area (Å²) in [5.41, 5.74) is -0.0615. The van der Waals surface area contributed by atoms with Gasteiger partial charge in [-0.25, -0.2) is 0 Å². The Morgan fingerprint density at radius 1 is 1.00 bits per heavy atom. The molecule has 0 aliphatic heterocycles. The molecular formula is C25H31NO5. The molecule has 6 heteroatoms. The highest BCUT2D eigenvalue weighted by Gasteiger charge is 2.54. The van der Waals surface area contributed by atoms with Gasteiger partial charge in [-0.15, -0.1) is 0 Å². The van der Waals surface area contributed by atoms with Gasteiger partial charge in [0.25, 0.3) is 5.91 Å². The van der Waals surface area contributed by atoms with Crippen LogP contribution in [0.25, 0.3) is 0 Å². The second kappa shape index (κ2) is 8.13. The van der Waals surface area contributed by atoms with E-state index in [0.29, 0.717) is 23.8 Å². The summed E-state index contributed by atoms with van der Waals surface area (Å²) in [6, 6.07) is 9.17. The van der Waals surface area contributed by atoms with Gasteiger partial charge >= 0.3 is 0 Å². The fraction of sp³-hybridized carbons (Fsp3) is 0.560. The minimum Gasteiger partial charge on any atom is -0.496 e. The van der Waals surface area contributed by atoms with Gasteiger partial charge in [-0.2, -0.15) is 0 Å². The Hall–Kier alpha value is -2.63. The molecule has 166 valence electrons. The van der Waals surface area contributed by atoms with Crippen molar-refractivity contribution in [2.75, 3.05) is 20.8 Å². The van der Waals surface area contributed by atoms with E-state index < -0.39 is 0 Å². The van der Waals surface area contributed by atoms with Gasteiger partial charge in [0.2, 0.25) is 0 Å². The summed E-state index contributed by atoms with van der Waals surface area (Å²) in [5.74, 6) is 4.93. The topological polar surface area (TPSA) is 61.1 Å². The zero-order valence-electron chi connectivity index (χ0n) is 18.3. The summed E-state index contributed by atoms with van der Waals surface area (Å²) in [4.78, 5) is 15.6. The average molecular weight is 426 g/mol. The Labute approximate surface area is 183 Å². The molecule has 4 aliphatic rings. The number of carbonyl (C=O) groups is 1. The summed E-state index contributed by atoms with van der Waals surface area (Å²) in [6.07, 6.45) is 9.01. The van der Waals surface area contributed by atoms with E-state index in [1.165, 1.54) is 19.3 Å². The van der Waals surface area contributed by atoms with E-state index in [9.17, 15) is 4.79 Å². The Morgan fingerprint density at radius 3 is 2.10 bits per heavy atom. The quantitative estimate of drug-likeness (QED) is 0.615. The molecule has 0 saturated heterocycles. The van der Waals surface area contributed by atoms with Crippen molar-refractivity contribution in [3.63, 3.8) is 0 Å². The first-order valence-corrected chi connectivity index (χ1v) is 11.3. The molecule has 4 aliphatic carbocycles. The minimum atomic E-state index is -0.0615. The van der Waals surface area contributed by atoms with Gasteiger partial charge in [0.15, 0.2) is 6.61 Å². The number of hydrogen-bond donors (Lipinski definition) is 0. The van der Waals surface area contributed by atoms with Gasteiger partial charge in [0, 0.05) is 23.7 Å². The van der Waals surface area contributed by atoms with Crippen molar-refractivity contribution in [3.05, 3.63) is 42.4 Å². The number of nitrogens with zero attached hydrogens (tertiary/aromatic N) is 1. The lowest BCUT2D eigenvalue weighted by Crippen LogP contribution is -2.61. The third kappa shape index (κ3) is 4.00. The number of ether oxygens (including phenoxy) is 3. The number of methoxy groups -OCH3 is 2. The van der Waals surface area contributed by atoms with Crippen molar-refractivity contribution in [3.8, 4) is 17.2 Å². The van der Waals surface area contributed by atoms with Crippen LogP contribution < -0.4 is 14.2 Å². The molecule has 4 fully saturated rings. The second-order valence-corrected chi connectivity index (χ2v) is 9.54. The van der Waals surface area contributed by atoms with E-state index in [0.717, 1.165) is 42.8 Å². The van der Waals surface area contributed by atoms with Crippen LogP contribution in [0.4, 0.5) is 0 Å². The smallest absolute Gasteiger partial charge is 0.261 e. The molecule has 6 nitrogen and oxygen atoms in total. The summed E-state index contributed by atoms with van der Waals surface area (Å²) in [7, 11) is 3.20. The van der Waals surface area contributed by atoms with Crippen LogP contribution in [0.5, 0.6) is 17.2 Å². The van der Waals surface area contributed by atoms with Crippen molar-refractivity contribution in [1.82, 2.24) is 4.90 Å². The molecule has 1 heterocycles. The molecule has 0 radical (unpaired) electrons. The minimum absolute atomic E-state index is 0.0140. The molecule has 4 bridgehead atoms. The number of hydrogen-bond acceptors (Lipinski definition) is 5. The van der Waals surface area contributed by atoms with Crippen LogP contribution in [-0.2, 0) is 11.3 Å². The van der Waals surface area contributed by atoms with E-state index in [4.69, 9.17) is 18.6 Å². The normalized spacial score (nSPS) is 28.4. The number of benzene rings is 1. The first-order chi connectivity index (χ1) is 15.1. The van der Waals surface area contributed by atoms with Gasteiger partial charge in [-0.1, -0.05) is 0 Å². The van der Waals surface area contributed by atoms with Crippen LogP contribution in [0.3, 0.4) is 0 Å². The van der Waals surface area contributed by atoms with Crippen molar-refractivity contribution in [2.24, 2.45) is 17.8 Å². The van der Waals surface area contributed by atoms with Gasteiger partial charge in [-0.05, 0) is 68.4 Å². The maximum atomic E-state index is 13.6. The predicted molar refractivity (Wildman–Crippen MR) is 115 cm³/mol. The highest BCUT2D eigenvalue weighted by atomic mass is 16.5. The van der Waals surface area contributed by atoms with Gasteiger partial charge in [0.1, 0.15) is 23.0 Å². The monoisotopic (exact) mass is 425 g/mol. The lowest BCUT2D eigenvalue weighted by Gasteiger charge is -2.60. The van der Waals surface area contributed by atoms with Crippen LogP contribution in [-0.4, -0.2) is 37.2 Å². The van der Waals surface area contributed by atoms with E-state index in [-0.39, 0.29) is 18.1 Å². The van der Waals surface area contributed by atoms with Crippen LogP contribution in [0, 0.1) is 17.8 Å². The highest BCUT2D eigenvalue weighted by Crippen LogP contribution is 2.58. The Morgan fingerprint density at radius 2 is 1.58 bits per heavy atom. The van der Waals surface area contributed by atoms with Crippen molar-refractivity contribution >= 4 is 5.91 Å². The fourth-order valence-corrected chi connectivity index (χ4v) is 6.56.